The monoisotopic (exact) mass is 293 g/mol. The van der Waals surface area contributed by atoms with Crippen LogP contribution in [0.4, 0.5) is 0 Å². The van der Waals surface area contributed by atoms with E-state index in [0.717, 1.165) is 16.5 Å². The van der Waals surface area contributed by atoms with Gasteiger partial charge in [0, 0.05) is 32.1 Å². The van der Waals surface area contributed by atoms with E-state index in [9.17, 15) is 9.59 Å². The third-order valence-corrected chi connectivity index (χ3v) is 3.50. The maximum Gasteiger partial charge on any atom is 0.244 e. The standard InChI is InChI=1S/C14H16ClN3O2/c1-18(2)14(20)12(17-8-19)6-9-7-16-13-10(9)4-3-5-11(13)15/h3-5,7-8,12,16H,6H2,1-2H3,(H,17,19)/t12-/m1/s1. The molecule has 1 heterocycles. The van der Waals surface area contributed by atoms with E-state index in [4.69, 9.17) is 11.6 Å². The first-order chi connectivity index (χ1) is 9.54. The molecule has 20 heavy (non-hydrogen) atoms. The van der Waals surface area contributed by atoms with Gasteiger partial charge in [0.05, 0.1) is 10.5 Å². The number of aromatic amines is 1. The molecule has 1 aromatic carbocycles. The molecule has 0 saturated carbocycles. The van der Waals surface area contributed by atoms with Crippen LogP contribution in [-0.2, 0) is 16.0 Å². The molecular formula is C14H16ClN3O2. The fourth-order valence-corrected chi connectivity index (χ4v) is 2.40. The zero-order valence-corrected chi connectivity index (χ0v) is 12.1. The summed E-state index contributed by atoms with van der Waals surface area (Å²) in [4.78, 5) is 27.3. The van der Waals surface area contributed by atoms with Crippen molar-refractivity contribution in [3.63, 3.8) is 0 Å². The number of fused-ring (bicyclic) bond motifs is 1. The van der Waals surface area contributed by atoms with Gasteiger partial charge in [-0.3, -0.25) is 9.59 Å². The molecule has 0 aliphatic rings. The molecule has 6 heteroatoms. The lowest BCUT2D eigenvalue weighted by Crippen LogP contribution is -2.44. The molecule has 1 atom stereocenters. The van der Waals surface area contributed by atoms with E-state index in [-0.39, 0.29) is 5.91 Å². The van der Waals surface area contributed by atoms with E-state index in [1.807, 2.05) is 18.3 Å². The van der Waals surface area contributed by atoms with Crippen LogP contribution in [0.1, 0.15) is 5.56 Å². The molecule has 2 N–H and O–H groups in total. The summed E-state index contributed by atoms with van der Waals surface area (Å²) in [5.74, 6) is -0.145. The van der Waals surface area contributed by atoms with Crippen molar-refractivity contribution in [1.29, 1.82) is 0 Å². The first-order valence-electron chi connectivity index (χ1n) is 6.20. The number of H-pyrrole nitrogens is 1. The lowest BCUT2D eigenvalue weighted by molar-refractivity contribution is -0.132. The highest BCUT2D eigenvalue weighted by Gasteiger charge is 2.21. The topological polar surface area (TPSA) is 65.2 Å². The van der Waals surface area contributed by atoms with Crippen molar-refractivity contribution in [2.45, 2.75) is 12.5 Å². The number of hydrogen-bond acceptors (Lipinski definition) is 2. The number of hydrogen-bond donors (Lipinski definition) is 2. The summed E-state index contributed by atoms with van der Waals surface area (Å²) in [6, 6.07) is 5.01. The fraction of sp³-hybridized carbons (Fsp3) is 0.286. The van der Waals surface area contributed by atoms with Crippen LogP contribution in [0.25, 0.3) is 10.9 Å². The van der Waals surface area contributed by atoms with E-state index in [2.05, 4.69) is 10.3 Å². The van der Waals surface area contributed by atoms with Gasteiger partial charge in [-0.25, -0.2) is 0 Å². The second-order valence-electron chi connectivity index (χ2n) is 4.75. The van der Waals surface area contributed by atoms with Crippen LogP contribution >= 0.6 is 11.6 Å². The predicted octanol–water partition coefficient (Wildman–Crippen LogP) is 1.57. The van der Waals surface area contributed by atoms with Crippen LogP contribution in [0.15, 0.2) is 24.4 Å². The quantitative estimate of drug-likeness (QED) is 0.822. The van der Waals surface area contributed by atoms with Gasteiger partial charge in [-0.15, -0.1) is 0 Å². The van der Waals surface area contributed by atoms with Crippen molar-refractivity contribution < 1.29 is 9.59 Å². The number of nitrogens with one attached hydrogen (secondary N) is 2. The number of carbonyl (C=O) groups excluding carboxylic acids is 2. The van der Waals surface area contributed by atoms with Crippen molar-refractivity contribution >= 4 is 34.8 Å². The van der Waals surface area contributed by atoms with Crippen LogP contribution in [-0.4, -0.2) is 42.3 Å². The van der Waals surface area contributed by atoms with E-state index >= 15 is 0 Å². The van der Waals surface area contributed by atoms with Gasteiger partial charge in [-0.2, -0.15) is 0 Å². The number of rotatable bonds is 5. The smallest absolute Gasteiger partial charge is 0.244 e. The lowest BCUT2D eigenvalue weighted by atomic mass is 10.0. The Bertz CT molecular complexity index is 636. The van der Waals surface area contributed by atoms with Crippen LogP contribution in [0.2, 0.25) is 5.02 Å². The largest absolute Gasteiger partial charge is 0.360 e. The number of amides is 2. The average molecular weight is 294 g/mol. The second-order valence-corrected chi connectivity index (χ2v) is 5.16. The SMILES string of the molecule is CN(C)C(=O)[C@@H](Cc1c[nH]c2c(Cl)cccc12)NC=O. The van der Waals surface area contributed by atoms with Gasteiger partial charge < -0.3 is 15.2 Å². The maximum atomic E-state index is 12.0. The van der Waals surface area contributed by atoms with Gasteiger partial charge in [-0.1, -0.05) is 23.7 Å². The van der Waals surface area contributed by atoms with Crippen molar-refractivity contribution in [1.82, 2.24) is 15.2 Å². The highest BCUT2D eigenvalue weighted by atomic mass is 35.5. The summed E-state index contributed by atoms with van der Waals surface area (Å²) in [5, 5.41) is 4.15. The molecule has 0 saturated heterocycles. The van der Waals surface area contributed by atoms with Crippen molar-refractivity contribution in [2.75, 3.05) is 14.1 Å². The normalized spacial score (nSPS) is 12.2. The Morgan fingerprint density at radius 3 is 2.90 bits per heavy atom. The minimum atomic E-state index is -0.583. The molecule has 0 aliphatic carbocycles. The molecule has 2 aromatic rings. The van der Waals surface area contributed by atoms with Crippen molar-refractivity contribution in [2.24, 2.45) is 0 Å². The molecule has 106 valence electrons. The fourth-order valence-electron chi connectivity index (χ4n) is 2.18. The van der Waals surface area contributed by atoms with Crippen LogP contribution in [0.3, 0.4) is 0 Å². The Morgan fingerprint density at radius 2 is 2.25 bits per heavy atom. The maximum absolute atomic E-state index is 12.0. The zero-order valence-electron chi connectivity index (χ0n) is 11.3. The predicted molar refractivity (Wildman–Crippen MR) is 78.7 cm³/mol. The molecule has 2 rings (SSSR count). The lowest BCUT2D eigenvalue weighted by Gasteiger charge is -2.19. The van der Waals surface area contributed by atoms with Gasteiger partial charge in [0.15, 0.2) is 0 Å². The van der Waals surface area contributed by atoms with Crippen molar-refractivity contribution in [3.8, 4) is 0 Å². The number of para-hydroxylation sites is 1. The summed E-state index contributed by atoms with van der Waals surface area (Å²) in [5.41, 5.74) is 1.78. The molecule has 2 amide bonds. The van der Waals surface area contributed by atoms with Gasteiger partial charge in [-0.05, 0) is 11.6 Å². The van der Waals surface area contributed by atoms with Gasteiger partial charge in [0.1, 0.15) is 6.04 Å². The third kappa shape index (κ3) is 2.77. The molecule has 0 unspecified atom stereocenters. The molecular weight excluding hydrogens is 278 g/mol. The molecule has 0 bridgehead atoms. The van der Waals surface area contributed by atoms with E-state index in [1.165, 1.54) is 4.90 Å². The summed E-state index contributed by atoms with van der Waals surface area (Å²) in [6.45, 7) is 0. The van der Waals surface area contributed by atoms with E-state index in [0.29, 0.717) is 17.9 Å². The van der Waals surface area contributed by atoms with Gasteiger partial charge >= 0.3 is 0 Å². The Kier molecular flexibility index (Phi) is 4.29. The van der Waals surface area contributed by atoms with Gasteiger partial charge in [0.25, 0.3) is 0 Å². The first kappa shape index (κ1) is 14.4. The zero-order chi connectivity index (χ0) is 14.7. The van der Waals surface area contributed by atoms with E-state index < -0.39 is 6.04 Å². The number of likely N-dealkylation sites (N-methyl/N-ethyl adjacent to an activating group) is 1. The minimum Gasteiger partial charge on any atom is -0.360 e. The number of halogens is 1. The number of benzene rings is 1. The summed E-state index contributed by atoms with van der Waals surface area (Å²) < 4.78 is 0. The number of nitrogens with zero attached hydrogens (tertiary/aromatic N) is 1. The minimum absolute atomic E-state index is 0.145. The highest BCUT2D eigenvalue weighted by Crippen LogP contribution is 2.26. The summed E-state index contributed by atoms with van der Waals surface area (Å²) >= 11 is 6.10. The summed E-state index contributed by atoms with van der Waals surface area (Å²) in [6.07, 6.45) is 2.78. The van der Waals surface area contributed by atoms with Crippen molar-refractivity contribution in [3.05, 3.63) is 35.0 Å². The highest BCUT2D eigenvalue weighted by molar-refractivity contribution is 6.35. The molecule has 1 aromatic heterocycles. The molecule has 0 spiro atoms. The molecule has 0 aliphatic heterocycles. The van der Waals surface area contributed by atoms with E-state index in [1.54, 1.807) is 20.2 Å². The second kappa shape index (κ2) is 5.96. The number of aromatic nitrogens is 1. The Morgan fingerprint density at radius 1 is 1.50 bits per heavy atom. The van der Waals surface area contributed by atoms with Crippen LogP contribution in [0, 0.1) is 0 Å². The molecule has 0 fully saturated rings. The van der Waals surface area contributed by atoms with Gasteiger partial charge in [0.2, 0.25) is 12.3 Å². The Balaban J connectivity index is 2.31. The summed E-state index contributed by atoms with van der Waals surface area (Å²) in [7, 11) is 3.32. The van der Waals surface area contributed by atoms with Crippen LogP contribution in [0.5, 0.6) is 0 Å². The molecule has 0 radical (unpaired) electrons. The average Bonchev–Trinajstić information content (AvgIpc) is 2.82. The Hall–Kier alpha value is -2.01. The number of carbonyl (C=O) groups is 2. The molecule has 5 nitrogen and oxygen atoms in total. The van der Waals surface area contributed by atoms with Crippen LogP contribution < -0.4 is 5.32 Å². The first-order valence-corrected chi connectivity index (χ1v) is 6.57. The Labute approximate surface area is 121 Å². The third-order valence-electron chi connectivity index (χ3n) is 3.18.